The van der Waals surface area contributed by atoms with Gasteiger partial charge in [-0.15, -0.1) is 0 Å². The SMILES string of the molecule is COc1ccc(F)c(C2(O)CC3(CCN(C(=O)OCc4ccccc4)CC3)C2)c1. The molecule has 1 amide bonds. The lowest BCUT2D eigenvalue weighted by molar-refractivity contribution is -0.155. The third-order valence-corrected chi connectivity index (χ3v) is 6.30. The normalized spacial score (nSPS) is 19.5. The summed E-state index contributed by atoms with van der Waals surface area (Å²) in [6, 6.07) is 14.1. The zero-order valence-corrected chi connectivity index (χ0v) is 16.6. The lowest BCUT2D eigenvalue weighted by atomic mass is 9.53. The van der Waals surface area contributed by atoms with Crippen LogP contribution in [0.5, 0.6) is 5.75 Å². The minimum absolute atomic E-state index is 0.0551. The Labute approximate surface area is 170 Å². The lowest BCUT2D eigenvalue weighted by Gasteiger charge is -2.56. The summed E-state index contributed by atoms with van der Waals surface area (Å²) in [6.07, 6.45) is 2.24. The molecule has 1 N–H and O–H groups in total. The highest BCUT2D eigenvalue weighted by atomic mass is 19.1. The Kier molecular flexibility index (Phi) is 5.21. The Morgan fingerprint density at radius 2 is 1.83 bits per heavy atom. The summed E-state index contributed by atoms with van der Waals surface area (Å²) in [6.45, 7) is 1.44. The van der Waals surface area contributed by atoms with Gasteiger partial charge in [0.2, 0.25) is 0 Å². The second-order valence-corrected chi connectivity index (χ2v) is 8.26. The predicted molar refractivity (Wildman–Crippen MR) is 106 cm³/mol. The predicted octanol–water partition coefficient (Wildman–Crippen LogP) is 4.23. The van der Waals surface area contributed by atoms with Crippen LogP contribution in [0.2, 0.25) is 0 Å². The number of amides is 1. The Morgan fingerprint density at radius 1 is 1.14 bits per heavy atom. The topological polar surface area (TPSA) is 59.0 Å². The Balaban J connectivity index is 1.32. The molecule has 6 heteroatoms. The molecule has 1 saturated carbocycles. The van der Waals surface area contributed by atoms with Gasteiger partial charge in [0.25, 0.3) is 0 Å². The molecule has 4 rings (SSSR count). The number of benzene rings is 2. The molecule has 1 spiro atoms. The third kappa shape index (κ3) is 3.94. The first-order valence-corrected chi connectivity index (χ1v) is 9.95. The molecule has 0 radical (unpaired) electrons. The van der Waals surface area contributed by atoms with Crippen molar-refractivity contribution in [3.63, 3.8) is 0 Å². The molecule has 1 aliphatic carbocycles. The largest absolute Gasteiger partial charge is 0.497 e. The molecule has 0 atom stereocenters. The highest BCUT2D eigenvalue weighted by Gasteiger charge is 2.56. The van der Waals surface area contributed by atoms with Crippen molar-refractivity contribution in [3.05, 3.63) is 65.5 Å². The molecule has 5 nitrogen and oxygen atoms in total. The number of carbonyl (C=O) groups excluding carboxylic acids is 1. The van der Waals surface area contributed by atoms with Gasteiger partial charge in [-0.25, -0.2) is 9.18 Å². The first-order chi connectivity index (χ1) is 13.9. The summed E-state index contributed by atoms with van der Waals surface area (Å²) >= 11 is 0. The van der Waals surface area contributed by atoms with Crippen LogP contribution in [0.15, 0.2) is 48.5 Å². The van der Waals surface area contributed by atoms with Crippen LogP contribution in [0.3, 0.4) is 0 Å². The van der Waals surface area contributed by atoms with Crippen LogP contribution in [0.25, 0.3) is 0 Å². The molecule has 2 aromatic rings. The second-order valence-electron chi connectivity index (χ2n) is 8.26. The van der Waals surface area contributed by atoms with Crippen molar-refractivity contribution < 1.29 is 23.8 Å². The van der Waals surface area contributed by atoms with E-state index in [-0.39, 0.29) is 18.1 Å². The maximum absolute atomic E-state index is 14.3. The van der Waals surface area contributed by atoms with Gasteiger partial charge in [-0.05, 0) is 54.9 Å². The number of hydrogen-bond donors (Lipinski definition) is 1. The number of methoxy groups -OCH3 is 1. The fourth-order valence-electron chi connectivity index (χ4n) is 4.70. The molecule has 1 heterocycles. The van der Waals surface area contributed by atoms with Gasteiger partial charge in [0.15, 0.2) is 0 Å². The molecule has 1 saturated heterocycles. The molecular weight excluding hydrogens is 373 g/mol. The summed E-state index contributed by atoms with van der Waals surface area (Å²) < 4.78 is 24.9. The van der Waals surface area contributed by atoms with Gasteiger partial charge in [-0.3, -0.25) is 0 Å². The minimum atomic E-state index is -1.17. The highest BCUT2D eigenvalue weighted by molar-refractivity contribution is 5.67. The van der Waals surface area contributed by atoms with Crippen molar-refractivity contribution >= 4 is 6.09 Å². The third-order valence-electron chi connectivity index (χ3n) is 6.30. The van der Waals surface area contributed by atoms with Gasteiger partial charge in [-0.1, -0.05) is 30.3 Å². The molecule has 154 valence electrons. The first kappa shape index (κ1) is 19.7. The molecule has 0 unspecified atom stereocenters. The zero-order chi connectivity index (χ0) is 20.5. The van der Waals surface area contributed by atoms with E-state index in [4.69, 9.17) is 9.47 Å². The molecule has 0 aromatic heterocycles. The van der Waals surface area contributed by atoms with Crippen LogP contribution in [-0.4, -0.2) is 36.3 Å². The Hall–Kier alpha value is -2.60. The van der Waals surface area contributed by atoms with Gasteiger partial charge in [-0.2, -0.15) is 0 Å². The van der Waals surface area contributed by atoms with Crippen molar-refractivity contribution in [2.45, 2.75) is 37.9 Å². The second kappa shape index (κ2) is 7.67. The fourth-order valence-corrected chi connectivity index (χ4v) is 4.70. The van der Waals surface area contributed by atoms with Crippen molar-refractivity contribution in [2.75, 3.05) is 20.2 Å². The fraction of sp³-hybridized carbons (Fsp3) is 0.435. The molecular formula is C23H26FNO4. The molecule has 0 bridgehead atoms. The average Bonchev–Trinajstić information content (AvgIpc) is 2.72. The van der Waals surface area contributed by atoms with Crippen LogP contribution >= 0.6 is 0 Å². The van der Waals surface area contributed by atoms with Crippen molar-refractivity contribution in [1.82, 2.24) is 4.90 Å². The van der Waals surface area contributed by atoms with Crippen LogP contribution in [0.1, 0.15) is 36.8 Å². The van der Waals surface area contributed by atoms with Crippen molar-refractivity contribution in [2.24, 2.45) is 5.41 Å². The summed E-state index contributed by atoms with van der Waals surface area (Å²) in [5.74, 6) is 0.122. The maximum Gasteiger partial charge on any atom is 0.410 e. The number of nitrogens with zero attached hydrogens (tertiary/aromatic N) is 1. The first-order valence-electron chi connectivity index (χ1n) is 9.95. The number of carbonyl (C=O) groups is 1. The minimum Gasteiger partial charge on any atom is -0.497 e. The number of halogens is 1. The zero-order valence-electron chi connectivity index (χ0n) is 16.6. The van der Waals surface area contributed by atoms with Gasteiger partial charge in [0.05, 0.1) is 12.7 Å². The van der Waals surface area contributed by atoms with E-state index < -0.39 is 11.4 Å². The van der Waals surface area contributed by atoms with E-state index in [2.05, 4.69) is 0 Å². The molecule has 2 aliphatic rings. The van der Waals surface area contributed by atoms with E-state index in [0.717, 1.165) is 18.4 Å². The van der Waals surface area contributed by atoms with E-state index in [1.54, 1.807) is 17.0 Å². The van der Waals surface area contributed by atoms with Crippen molar-refractivity contribution in [1.29, 1.82) is 0 Å². The maximum atomic E-state index is 14.3. The van der Waals surface area contributed by atoms with Crippen LogP contribution < -0.4 is 4.74 Å². The van der Waals surface area contributed by atoms with Gasteiger partial charge < -0.3 is 19.5 Å². The quantitative estimate of drug-likeness (QED) is 0.836. The summed E-state index contributed by atoms with van der Waals surface area (Å²) in [5.41, 5.74) is 0.0283. The van der Waals surface area contributed by atoms with E-state index in [0.29, 0.717) is 37.2 Å². The van der Waals surface area contributed by atoms with Gasteiger partial charge >= 0.3 is 6.09 Å². The van der Waals surface area contributed by atoms with E-state index in [1.807, 2.05) is 30.3 Å². The number of likely N-dealkylation sites (tertiary alicyclic amines) is 1. The Morgan fingerprint density at radius 3 is 2.48 bits per heavy atom. The number of ether oxygens (including phenoxy) is 2. The van der Waals surface area contributed by atoms with Crippen molar-refractivity contribution in [3.8, 4) is 5.75 Å². The molecule has 2 aromatic carbocycles. The average molecular weight is 399 g/mol. The van der Waals surface area contributed by atoms with Crippen LogP contribution in [0.4, 0.5) is 9.18 Å². The monoisotopic (exact) mass is 399 g/mol. The number of rotatable bonds is 4. The van der Waals surface area contributed by atoms with Gasteiger partial charge in [0, 0.05) is 18.7 Å². The smallest absolute Gasteiger partial charge is 0.410 e. The lowest BCUT2D eigenvalue weighted by Crippen LogP contribution is -2.55. The van der Waals surface area contributed by atoms with Crippen LogP contribution in [0, 0.1) is 11.2 Å². The standard InChI is InChI=1S/C23H26FNO4/c1-28-18-7-8-20(24)19(13-18)23(27)15-22(16-23)9-11-25(12-10-22)21(26)29-14-17-5-3-2-4-6-17/h2-8,13,27H,9-12,14-16H2,1H3. The van der Waals surface area contributed by atoms with E-state index >= 15 is 0 Å². The van der Waals surface area contributed by atoms with Gasteiger partial charge in [0.1, 0.15) is 18.2 Å². The summed E-state index contributed by atoms with van der Waals surface area (Å²) in [4.78, 5) is 14.1. The Bertz CT molecular complexity index is 870. The van der Waals surface area contributed by atoms with Crippen LogP contribution in [-0.2, 0) is 16.9 Å². The van der Waals surface area contributed by atoms with E-state index in [9.17, 15) is 14.3 Å². The molecule has 1 aliphatic heterocycles. The number of hydrogen-bond acceptors (Lipinski definition) is 4. The highest BCUT2D eigenvalue weighted by Crippen LogP contribution is 2.59. The number of piperidine rings is 1. The summed E-state index contributed by atoms with van der Waals surface area (Å²) in [5, 5.41) is 11.0. The number of aliphatic hydroxyl groups is 1. The van der Waals surface area contributed by atoms with E-state index in [1.165, 1.54) is 13.2 Å². The molecule has 2 fully saturated rings. The summed E-state index contributed by atoms with van der Waals surface area (Å²) in [7, 11) is 1.52. The molecule has 29 heavy (non-hydrogen) atoms.